The third-order valence-corrected chi connectivity index (χ3v) is 6.83. The summed E-state index contributed by atoms with van der Waals surface area (Å²) >= 11 is 3.80. The zero-order valence-corrected chi connectivity index (χ0v) is 15.2. The average Bonchev–Trinajstić information content (AvgIpc) is 3.04. The molecule has 3 nitrogen and oxygen atoms in total. The monoisotopic (exact) mass is 336 g/mol. The van der Waals surface area contributed by atoms with E-state index in [1.165, 1.54) is 5.75 Å². The average molecular weight is 337 g/mol. The van der Waals surface area contributed by atoms with Gasteiger partial charge in [-0.15, -0.1) is 23.5 Å². The van der Waals surface area contributed by atoms with Crippen molar-refractivity contribution in [2.45, 2.75) is 50.7 Å². The first kappa shape index (κ1) is 16.2. The van der Waals surface area contributed by atoms with Gasteiger partial charge >= 0.3 is 0 Å². The second kappa shape index (κ2) is 6.10. The topological polar surface area (TPSA) is 35.8 Å². The Bertz CT molecular complexity index is 582. The number of benzene rings is 1. The smallest absolute Gasteiger partial charge is 0.125 e. The van der Waals surface area contributed by atoms with Crippen molar-refractivity contribution in [1.29, 1.82) is 0 Å². The van der Waals surface area contributed by atoms with E-state index in [0.29, 0.717) is 23.2 Å². The zero-order chi connectivity index (χ0) is 15.9. The van der Waals surface area contributed by atoms with E-state index in [-0.39, 0.29) is 5.54 Å². The van der Waals surface area contributed by atoms with Gasteiger partial charge in [-0.05, 0) is 39.8 Å². The Kier molecular flexibility index (Phi) is 4.49. The molecule has 0 aliphatic carbocycles. The molecule has 3 rings (SSSR count). The lowest BCUT2D eigenvalue weighted by Crippen LogP contribution is -2.51. The van der Waals surface area contributed by atoms with Gasteiger partial charge in [-0.3, -0.25) is 9.89 Å². The van der Waals surface area contributed by atoms with Crippen molar-refractivity contribution in [1.82, 2.24) is 4.90 Å². The number of aromatic hydroxyl groups is 1. The van der Waals surface area contributed by atoms with E-state index in [1.54, 1.807) is 17.8 Å². The van der Waals surface area contributed by atoms with E-state index < -0.39 is 0 Å². The number of phenols is 1. The quantitative estimate of drug-likeness (QED) is 0.891. The summed E-state index contributed by atoms with van der Waals surface area (Å²) in [5.74, 6) is 2.50. The lowest BCUT2D eigenvalue weighted by atomic mass is 10.0. The number of aliphatic imine (C=N–C) groups is 1. The molecule has 1 unspecified atom stereocenters. The van der Waals surface area contributed by atoms with Crippen molar-refractivity contribution < 1.29 is 5.11 Å². The molecule has 1 aromatic carbocycles. The van der Waals surface area contributed by atoms with Crippen molar-refractivity contribution >= 4 is 28.6 Å². The number of hydrogen-bond donors (Lipinski definition) is 1. The summed E-state index contributed by atoms with van der Waals surface area (Å²) in [5.41, 5.74) is 1.03. The van der Waals surface area contributed by atoms with Gasteiger partial charge in [0.25, 0.3) is 0 Å². The molecule has 1 N–H and O–H groups in total. The molecule has 1 aromatic rings. The maximum Gasteiger partial charge on any atom is 0.125 e. The molecule has 0 bridgehead atoms. The summed E-state index contributed by atoms with van der Waals surface area (Å²) in [6.07, 6.45) is 0. The van der Waals surface area contributed by atoms with Crippen molar-refractivity contribution in [3.05, 3.63) is 29.8 Å². The molecule has 0 spiro atoms. The normalized spacial score (nSPS) is 29.8. The maximum atomic E-state index is 10.0. The fourth-order valence-electron chi connectivity index (χ4n) is 3.33. The Morgan fingerprint density at radius 3 is 2.64 bits per heavy atom. The van der Waals surface area contributed by atoms with Gasteiger partial charge < -0.3 is 5.11 Å². The Balaban J connectivity index is 1.84. The van der Waals surface area contributed by atoms with Gasteiger partial charge in [0.15, 0.2) is 0 Å². The molecule has 5 heteroatoms. The third-order valence-electron chi connectivity index (χ3n) is 4.17. The number of para-hydroxylation sites is 1. The fourth-order valence-corrected chi connectivity index (χ4v) is 6.27. The lowest BCUT2D eigenvalue weighted by molar-refractivity contribution is 0.0924. The summed E-state index contributed by atoms with van der Waals surface area (Å²) in [6.45, 7) is 9.18. The molecule has 2 aliphatic rings. The van der Waals surface area contributed by atoms with Crippen molar-refractivity contribution in [3.8, 4) is 5.75 Å². The molecule has 0 amide bonds. The minimum atomic E-state index is 0.158. The molecule has 3 atom stereocenters. The standard InChI is InChI=1S/C17H24N2OS2/c1-11-9-22-16(19(11)17(2,3)4)13-10-21-15(18-13)12-7-5-6-8-14(12)20/h5-8,11,13,16,20H,9-10H2,1-4H3/t11-,13-,16?/m1/s1. The van der Waals surface area contributed by atoms with Crippen molar-refractivity contribution in [2.75, 3.05) is 11.5 Å². The van der Waals surface area contributed by atoms with Crippen LogP contribution in [0.15, 0.2) is 29.3 Å². The predicted octanol–water partition coefficient (Wildman–Crippen LogP) is 3.82. The molecule has 22 heavy (non-hydrogen) atoms. The van der Waals surface area contributed by atoms with E-state index in [0.717, 1.165) is 16.4 Å². The van der Waals surface area contributed by atoms with Gasteiger partial charge in [-0.1, -0.05) is 12.1 Å². The Hall–Kier alpha value is -0.650. The largest absolute Gasteiger partial charge is 0.507 e. The van der Waals surface area contributed by atoms with Crippen molar-refractivity contribution in [2.24, 2.45) is 4.99 Å². The molecule has 2 heterocycles. The molecule has 120 valence electrons. The Labute approximate surface area is 141 Å². The van der Waals surface area contributed by atoms with Gasteiger partial charge in [0, 0.05) is 28.6 Å². The minimum absolute atomic E-state index is 0.158. The van der Waals surface area contributed by atoms with Crippen LogP contribution in [-0.4, -0.2) is 49.6 Å². The highest BCUT2D eigenvalue weighted by molar-refractivity contribution is 8.14. The van der Waals surface area contributed by atoms with E-state index in [1.807, 2.05) is 30.0 Å². The highest BCUT2D eigenvalue weighted by atomic mass is 32.2. The Morgan fingerprint density at radius 2 is 1.95 bits per heavy atom. The summed E-state index contributed by atoms with van der Waals surface area (Å²) in [4.78, 5) is 7.57. The second-order valence-electron chi connectivity index (χ2n) is 6.98. The van der Waals surface area contributed by atoms with Gasteiger partial charge in [0.1, 0.15) is 10.8 Å². The van der Waals surface area contributed by atoms with E-state index in [9.17, 15) is 5.11 Å². The van der Waals surface area contributed by atoms with Crippen LogP contribution < -0.4 is 0 Å². The summed E-state index contributed by atoms with van der Waals surface area (Å²) in [7, 11) is 0. The SMILES string of the molecule is C[C@@H]1CSC([C@H]2CSC(c3ccccc3O)=N2)N1C(C)(C)C. The van der Waals surface area contributed by atoms with Crippen LogP contribution >= 0.6 is 23.5 Å². The number of rotatable bonds is 2. The molecule has 0 aromatic heterocycles. The van der Waals surface area contributed by atoms with Crippen LogP contribution in [0.25, 0.3) is 0 Å². The van der Waals surface area contributed by atoms with Crippen molar-refractivity contribution in [3.63, 3.8) is 0 Å². The number of hydrogen-bond acceptors (Lipinski definition) is 5. The molecular weight excluding hydrogens is 312 g/mol. The molecule has 0 radical (unpaired) electrons. The van der Waals surface area contributed by atoms with Crippen LogP contribution in [-0.2, 0) is 0 Å². The van der Waals surface area contributed by atoms with Gasteiger partial charge in [-0.25, -0.2) is 0 Å². The first-order valence-corrected chi connectivity index (χ1v) is 9.80. The first-order chi connectivity index (χ1) is 10.4. The summed E-state index contributed by atoms with van der Waals surface area (Å²) < 4.78 is 0. The molecule has 1 saturated heterocycles. The Morgan fingerprint density at radius 1 is 1.23 bits per heavy atom. The highest BCUT2D eigenvalue weighted by Gasteiger charge is 2.43. The van der Waals surface area contributed by atoms with Gasteiger partial charge in [0.2, 0.25) is 0 Å². The minimum Gasteiger partial charge on any atom is -0.507 e. The van der Waals surface area contributed by atoms with Crippen LogP contribution in [0, 0.1) is 0 Å². The van der Waals surface area contributed by atoms with E-state index in [2.05, 4.69) is 32.6 Å². The van der Waals surface area contributed by atoms with Crippen LogP contribution in [0.4, 0.5) is 0 Å². The molecule has 2 aliphatic heterocycles. The molecular formula is C17H24N2OS2. The van der Waals surface area contributed by atoms with Crippen LogP contribution in [0.5, 0.6) is 5.75 Å². The van der Waals surface area contributed by atoms with Crippen LogP contribution in [0.1, 0.15) is 33.3 Å². The van der Waals surface area contributed by atoms with E-state index >= 15 is 0 Å². The second-order valence-corrected chi connectivity index (χ2v) is 9.14. The molecule has 0 saturated carbocycles. The first-order valence-electron chi connectivity index (χ1n) is 7.77. The number of nitrogens with zero attached hydrogens (tertiary/aromatic N) is 2. The number of phenolic OH excluding ortho intramolecular Hbond substituents is 1. The number of thioether (sulfide) groups is 2. The van der Waals surface area contributed by atoms with E-state index in [4.69, 9.17) is 4.99 Å². The van der Waals surface area contributed by atoms with Crippen LogP contribution in [0.3, 0.4) is 0 Å². The molecule has 1 fully saturated rings. The third kappa shape index (κ3) is 3.03. The fraction of sp³-hybridized carbons (Fsp3) is 0.588. The van der Waals surface area contributed by atoms with Gasteiger partial charge in [-0.2, -0.15) is 0 Å². The zero-order valence-electron chi connectivity index (χ0n) is 13.6. The maximum absolute atomic E-state index is 10.0. The lowest BCUT2D eigenvalue weighted by Gasteiger charge is -2.40. The van der Waals surface area contributed by atoms with Crippen LogP contribution in [0.2, 0.25) is 0 Å². The highest BCUT2D eigenvalue weighted by Crippen LogP contribution is 2.41. The summed E-state index contributed by atoms with van der Waals surface area (Å²) in [6, 6.07) is 8.39. The predicted molar refractivity (Wildman–Crippen MR) is 98.2 cm³/mol. The van der Waals surface area contributed by atoms with Gasteiger partial charge in [0.05, 0.1) is 11.4 Å². The summed E-state index contributed by atoms with van der Waals surface area (Å²) in [5, 5.41) is 11.5.